The van der Waals surface area contributed by atoms with Crippen molar-refractivity contribution >= 4 is 17.9 Å². The lowest BCUT2D eigenvalue weighted by atomic mass is 10.0. The molecule has 0 aromatic heterocycles. The van der Waals surface area contributed by atoms with Gasteiger partial charge in [0.1, 0.15) is 13.2 Å². The largest absolute Gasteiger partial charge is 0.462 e. The lowest BCUT2D eigenvalue weighted by Gasteiger charge is -2.18. The average molecular weight is 1100 g/mol. The zero-order valence-electron chi connectivity index (χ0n) is 52.7. The molecule has 0 aliphatic carbocycles. The van der Waals surface area contributed by atoms with Crippen LogP contribution in [0.3, 0.4) is 0 Å². The van der Waals surface area contributed by atoms with Gasteiger partial charge in [-0.05, 0) is 57.8 Å². The average Bonchev–Trinajstić information content (AvgIpc) is 3.44. The molecule has 0 saturated carbocycles. The zero-order chi connectivity index (χ0) is 56.4. The molecule has 0 saturated heterocycles. The van der Waals surface area contributed by atoms with Gasteiger partial charge in [-0.3, -0.25) is 14.4 Å². The topological polar surface area (TPSA) is 78.9 Å². The van der Waals surface area contributed by atoms with Gasteiger partial charge >= 0.3 is 17.9 Å². The Hall–Kier alpha value is -2.37. The third kappa shape index (κ3) is 64.5. The molecule has 0 aromatic rings. The Labute approximate surface area is 486 Å². The Balaban J connectivity index is 3.99. The van der Waals surface area contributed by atoms with E-state index in [1.54, 1.807) is 0 Å². The molecule has 0 N–H and O–H groups in total. The number of rotatable bonds is 65. The molecule has 0 aliphatic heterocycles. The van der Waals surface area contributed by atoms with Crippen molar-refractivity contribution in [3.8, 4) is 0 Å². The molecule has 458 valence electrons. The van der Waals surface area contributed by atoms with Gasteiger partial charge in [0.05, 0.1) is 0 Å². The van der Waals surface area contributed by atoms with E-state index in [2.05, 4.69) is 57.2 Å². The fraction of sp³-hybridized carbons (Fsp3) is 0.875. The van der Waals surface area contributed by atoms with Crippen molar-refractivity contribution in [1.82, 2.24) is 0 Å². The van der Waals surface area contributed by atoms with Crippen LogP contribution in [0.15, 0.2) is 36.5 Å². The van der Waals surface area contributed by atoms with E-state index in [0.717, 1.165) is 70.6 Å². The summed E-state index contributed by atoms with van der Waals surface area (Å²) in [7, 11) is 0. The van der Waals surface area contributed by atoms with Crippen LogP contribution in [0, 0.1) is 0 Å². The first-order valence-electron chi connectivity index (χ1n) is 35.0. The Bertz CT molecular complexity index is 1300. The van der Waals surface area contributed by atoms with Gasteiger partial charge in [0.2, 0.25) is 0 Å². The second-order valence-corrected chi connectivity index (χ2v) is 23.8. The molecule has 0 bridgehead atoms. The third-order valence-corrected chi connectivity index (χ3v) is 15.9. The summed E-state index contributed by atoms with van der Waals surface area (Å²) in [5.41, 5.74) is 0. The first-order chi connectivity index (χ1) is 38.5. The smallest absolute Gasteiger partial charge is 0.306 e. The van der Waals surface area contributed by atoms with E-state index in [1.165, 1.54) is 276 Å². The molecular formula is C72H134O6. The number of esters is 3. The third-order valence-electron chi connectivity index (χ3n) is 15.9. The van der Waals surface area contributed by atoms with Crippen molar-refractivity contribution in [3.63, 3.8) is 0 Å². The molecular weight excluding hydrogens is 961 g/mol. The molecule has 0 aromatic carbocycles. The van der Waals surface area contributed by atoms with Crippen LogP contribution in [0.5, 0.6) is 0 Å². The van der Waals surface area contributed by atoms with Crippen LogP contribution in [0.25, 0.3) is 0 Å². The monoisotopic (exact) mass is 1100 g/mol. The van der Waals surface area contributed by atoms with Gasteiger partial charge in [-0.2, -0.15) is 0 Å². The minimum Gasteiger partial charge on any atom is -0.462 e. The van der Waals surface area contributed by atoms with Crippen molar-refractivity contribution in [3.05, 3.63) is 36.5 Å². The number of carbonyl (C=O) groups is 3. The number of hydrogen-bond acceptors (Lipinski definition) is 6. The van der Waals surface area contributed by atoms with Crippen molar-refractivity contribution in [2.75, 3.05) is 13.2 Å². The highest BCUT2D eigenvalue weighted by molar-refractivity contribution is 5.71. The maximum Gasteiger partial charge on any atom is 0.306 e. The van der Waals surface area contributed by atoms with Gasteiger partial charge in [-0.25, -0.2) is 0 Å². The van der Waals surface area contributed by atoms with Crippen molar-refractivity contribution in [1.29, 1.82) is 0 Å². The van der Waals surface area contributed by atoms with Crippen LogP contribution in [-0.2, 0) is 28.6 Å². The van der Waals surface area contributed by atoms with Crippen LogP contribution in [0.1, 0.15) is 387 Å². The van der Waals surface area contributed by atoms with Gasteiger partial charge in [-0.15, -0.1) is 0 Å². The van der Waals surface area contributed by atoms with E-state index >= 15 is 0 Å². The van der Waals surface area contributed by atoms with Gasteiger partial charge < -0.3 is 14.2 Å². The summed E-state index contributed by atoms with van der Waals surface area (Å²) in [4.78, 5) is 38.1. The summed E-state index contributed by atoms with van der Waals surface area (Å²) in [5, 5.41) is 0. The quantitative estimate of drug-likeness (QED) is 0.0261. The molecule has 1 atom stereocenters. The lowest BCUT2D eigenvalue weighted by Crippen LogP contribution is -2.30. The number of hydrogen-bond donors (Lipinski definition) is 0. The number of unbranched alkanes of at least 4 members (excludes halogenated alkanes) is 48. The van der Waals surface area contributed by atoms with Gasteiger partial charge in [-0.1, -0.05) is 346 Å². The zero-order valence-corrected chi connectivity index (χ0v) is 52.7. The molecule has 6 nitrogen and oxygen atoms in total. The first kappa shape index (κ1) is 75.6. The van der Waals surface area contributed by atoms with E-state index < -0.39 is 6.10 Å². The molecule has 0 radical (unpaired) electrons. The van der Waals surface area contributed by atoms with E-state index in [4.69, 9.17) is 14.2 Å². The Kier molecular flexibility index (Phi) is 65.1. The maximum atomic E-state index is 12.9. The van der Waals surface area contributed by atoms with Gasteiger partial charge in [0.25, 0.3) is 0 Å². The molecule has 1 unspecified atom stereocenters. The highest BCUT2D eigenvalue weighted by Crippen LogP contribution is 2.19. The van der Waals surface area contributed by atoms with Crippen molar-refractivity contribution < 1.29 is 28.6 Å². The SMILES string of the molecule is CCCCCCC/C=C\C/C=C\C/C=C\CCCCCCCCCCCCC(=O)OC(COC(=O)CCCCCCCC)COC(=O)CCCCCCCCCCCCCCCCCCCCCCCCCCCCCCC. The first-order valence-corrected chi connectivity index (χ1v) is 35.0. The number of ether oxygens (including phenoxy) is 3. The summed E-state index contributed by atoms with van der Waals surface area (Å²) in [6.45, 7) is 6.63. The fourth-order valence-corrected chi connectivity index (χ4v) is 10.6. The minimum atomic E-state index is -0.770. The normalized spacial score (nSPS) is 12.2. The number of carbonyl (C=O) groups excluding carboxylic acids is 3. The molecule has 0 amide bonds. The molecule has 0 spiro atoms. The van der Waals surface area contributed by atoms with Crippen molar-refractivity contribution in [2.45, 2.75) is 393 Å². The molecule has 0 fully saturated rings. The van der Waals surface area contributed by atoms with Crippen LogP contribution >= 0.6 is 0 Å². The standard InChI is InChI=1S/C72H134O6/c1-4-7-10-13-16-18-20-22-24-26-28-30-32-34-35-36-37-39-40-42-44-46-48-50-52-54-56-59-62-65-71(74)77-68-69(67-76-70(73)64-61-58-15-12-9-6-3)78-72(75)66-63-60-57-55-53-51-49-47-45-43-41-38-33-31-29-27-25-23-21-19-17-14-11-8-5-2/h21,23,27,29,33,38,69H,4-20,22,24-26,28,30-32,34-37,39-68H2,1-3H3/b23-21-,29-27-,38-33-. The highest BCUT2D eigenvalue weighted by atomic mass is 16.6. The van der Waals surface area contributed by atoms with Gasteiger partial charge in [0.15, 0.2) is 6.10 Å². The van der Waals surface area contributed by atoms with Crippen LogP contribution in [-0.4, -0.2) is 37.2 Å². The second-order valence-electron chi connectivity index (χ2n) is 23.8. The van der Waals surface area contributed by atoms with E-state index in [-0.39, 0.29) is 31.1 Å². The molecule has 0 rings (SSSR count). The van der Waals surface area contributed by atoms with Crippen LogP contribution < -0.4 is 0 Å². The molecule has 78 heavy (non-hydrogen) atoms. The Morgan fingerprint density at radius 1 is 0.256 bits per heavy atom. The summed E-state index contributed by atoms with van der Waals surface area (Å²) >= 11 is 0. The minimum absolute atomic E-state index is 0.0691. The summed E-state index contributed by atoms with van der Waals surface area (Å²) in [6, 6.07) is 0. The van der Waals surface area contributed by atoms with E-state index in [0.29, 0.717) is 19.3 Å². The second kappa shape index (κ2) is 67.1. The van der Waals surface area contributed by atoms with Crippen LogP contribution in [0.4, 0.5) is 0 Å². The Morgan fingerprint density at radius 3 is 0.718 bits per heavy atom. The molecule has 0 aliphatic rings. The molecule has 0 heterocycles. The summed E-state index contributed by atoms with van der Waals surface area (Å²) < 4.78 is 16.9. The summed E-state index contributed by atoms with van der Waals surface area (Å²) in [5.74, 6) is -0.859. The predicted octanol–water partition coefficient (Wildman–Crippen LogP) is 23.9. The van der Waals surface area contributed by atoms with E-state index in [9.17, 15) is 14.4 Å². The maximum absolute atomic E-state index is 12.9. The van der Waals surface area contributed by atoms with Crippen LogP contribution in [0.2, 0.25) is 0 Å². The highest BCUT2D eigenvalue weighted by Gasteiger charge is 2.19. The summed E-state index contributed by atoms with van der Waals surface area (Å²) in [6.07, 6.45) is 83.6. The number of allylic oxidation sites excluding steroid dienone is 6. The Morgan fingerprint density at radius 2 is 0.462 bits per heavy atom. The van der Waals surface area contributed by atoms with E-state index in [1.807, 2.05) is 0 Å². The lowest BCUT2D eigenvalue weighted by molar-refractivity contribution is -0.167. The van der Waals surface area contributed by atoms with Gasteiger partial charge in [0, 0.05) is 19.3 Å². The fourth-order valence-electron chi connectivity index (χ4n) is 10.6. The predicted molar refractivity (Wildman–Crippen MR) is 339 cm³/mol. The molecule has 6 heteroatoms. The van der Waals surface area contributed by atoms with Crippen molar-refractivity contribution in [2.24, 2.45) is 0 Å².